The first-order valence-electron chi connectivity index (χ1n) is 7.72. The van der Waals surface area contributed by atoms with E-state index in [2.05, 4.69) is 34.6 Å². The van der Waals surface area contributed by atoms with Crippen molar-refractivity contribution in [3.05, 3.63) is 0 Å². The van der Waals surface area contributed by atoms with Crippen molar-refractivity contribution in [2.45, 2.75) is 70.9 Å². The molecule has 0 aromatic rings. The van der Waals surface area contributed by atoms with Gasteiger partial charge in [-0.3, -0.25) is 0 Å². The van der Waals surface area contributed by atoms with Crippen molar-refractivity contribution in [1.29, 1.82) is 0 Å². The summed E-state index contributed by atoms with van der Waals surface area (Å²) in [5, 5.41) is -0.0252. The second kappa shape index (κ2) is 4.38. The fourth-order valence-corrected chi connectivity index (χ4v) is 5.08. The summed E-state index contributed by atoms with van der Waals surface area (Å²) in [6.07, 6.45) is 3.64. The summed E-state index contributed by atoms with van der Waals surface area (Å²) in [7, 11) is -0.214. The molecule has 1 heterocycles. The lowest BCUT2D eigenvalue weighted by atomic mass is 9.43. The summed E-state index contributed by atoms with van der Waals surface area (Å²) in [4.78, 5) is 0. The van der Waals surface area contributed by atoms with Crippen LogP contribution in [0.5, 0.6) is 0 Å². The number of hydrogen-bond donors (Lipinski definition) is 0. The average molecular weight is 285 g/mol. The van der Waals surface area contributed by atoms with E-state index in [1.165, 1.54) is 6.42 Å². The Morgan fingerprint density at radius 2 is 1.95 bits per heavy atom. The molecule has 3 aliphatic carbocycles. The Bertz CT molecular complexity index is 373. The van der Waals surface area contributed by atoms with Crippen LogP contribution in [0.3, 0.4) is 0 Å². The Balaban J connectivity index is 1.74. The van der Waals surface area contributed by atoms with Crippen LogP contribution in [0.25, 0.3) is 0 Å². The summed E-state index contributed by atoms with van der Waals surface area (Å²) in [6, 6.07) is 0. The quantitative estimate of drug-likeness (QED) is 0.578. The monoisotopic (exact) mass is 284 g/mol. The van der Waals surface area contributed by atoms with Crippen molar-refractivity contribution in [2.24, 2.45) is 23.2 Å². The lowest BCUT2D eigenvalue weighted by Gasteiger charge is -2.64. The zero-order valence-electron chi connectivity index (χ0n) is 12.8. The van der Waals surface area contributed by atoms with E-state index in [1.54, 1.807) is 0 Å². The zero-order valence-corrected chi connectivity index (χ0v) is 13.5. The summed E-state index contributed by atoms with van der Waals surface area (Å²) < 4.78 is 12.5. The van der Waals surface area contributed by atoms with E-state index < -0.39 is 0 Å². The largest absolute Gasteiger partial charge is 0.476 e. The van der Waals surface area contributed by atoms with Crippen molar-refractivity contribution in [2.75, 3.05) is 0 Å². The highest BCUT2D eigenvalue weighted by molar-refractivity contribution is 6.59. The molecule has 4 fully saturated rings. The van der Waals surface area contributed by atoms with Crippen LogP contribution in [0.1, 0.15) is 53.9 Å². The molecule has 0 spiro atoms. The smallest absolute Gasteiger partial charge is 0.404 e. The first-order valence-corrected chi connectivity index (χ1v) is 8.16. The second-order valence-corrected chi connectivity index (χ2v) is 8.54. The molecule has 0 radical (unpaired) electrons. The molecule has 0 aromatic carbocycles. The molecular formula is C15H26BClO2. The Labute approximate surface area is 122 Å². The predicted octanol–water partition coefficient (Wildman–Crippen LogP) is 3.91. The number of halogens is 1. The fourth-order valence-electron chi connectivity index (χ4n) is 4.61. The Morgan fingerprint density at radius 1 is 1.26 bits per heavy atom. The molecule has 0 unspecified atom stereocenters. The topological polar surface area (TPSA) is 18.5 Å². The van der Waals surface area contributed by atoms with Crippen LogP contribution < -0.4 is 0 Å². The van der Waals surface area contributed by atoms with Crippen LogP contribution >= 0.6 is 11.6 Å². The van der Waals surface area contributed by atoms with Crippen LogP contribution in [0.15, 0.2) is 0 Å². The zero-order chi connectivity index (χ0) is 14.0. The van der Waals surface area contributed by atoms with Crippen molar-refractivity contribution in [3.63, 3.8) is 0 Å². The van der Waals surface area contributed by atoms with Gasteiger partial charge in [-0.1, -0.05) is 27.7 Å². The number of rotatable bonds is 3. The van der Waals surface area contributed by atoms with E-state index >= 15 is 0 Å². The van der Waals surface area contributed by atoms with Gasteiger partial charge in [-0.15, -0.1) is 11.6 Å². The first-order chi connectivity index (χ1) is 8.75. The van der Waals surface area contributed by atoms with E-state index in [1.807, 2.05) is 0 Å². The van der Waals surface area contributed by atoms with Crippen molar-refractivity contribution in [3.8, 4) is 0 Å². The summed E-state index contributed by atoms with van der Waals surface area (Å²) in [5.41, 5.74) is 0.288. The molecule has 0 aromatic heterocycles. The van der Waals surface area contributed by atoms with E-state index in [9.17, 15) is 0 Å². The number of alkyl halides is 1. The number of hydrogen-bond acceptors (Lipinski definition) is 2. The predicted molar refractivity (Wildman–Crippen MR) is 79.2 cm³/mol. The van der Waals surface area contributed by atoms with Gasteiger partial charge in [0, 0.05) is 0 Å². The first kappa shape index (κ1) is 14.2. The van der Waals surface area contributed by atoms with Crippen LogP contribution in [0.2, 0.25) is 0 Å². The average Bonchev–Trinajstić information content (AvgIpc) is 2.64. The molecule has 1 aliphatic heterocycles. The maximum atomic E-state index is 6.49. The molecule has 1 saturated heterocycles. The summed E-state index contributed by atoms with van der Waals surface area (Å²) in [5.74, 6) is 2.00. The molecule has 4 rings (SSSR count). The molecule has 0 N–H and O–H groups in total. The van der Waals surface area contributed by atoms with Crippen LogP contribution in [0.4, 0.5) is 0 Å². The van der Waals surface area contributed by atoms with Gasteiger partial charge >= 0.3 is 7.12 Å². The lowest BCUT2D eigenvalue weighted by molar-refractivity contribution is -0.199. The van der Waals surface area contributed by atoms with Gasteiger partial charge in [-0.25, -0.2) is 0 Å². The standard InChI is InChI=1S/C15H26BClO2/c1-9(2)6-13(17)16-18-12-8-10-7-11(14(10,3)4)15(12,5)19-16/h9-13H,6-8H2,1-5H3/t10-,11-,12+,13+,15-/m1/s1. The van der Waals surface area contributed by atoms with Gasteiger partial charge in [0.1, 0.15) is 0 Å². The van der Waals surface area contributed by atoms with Crippen molar-refractivity contribution >= 4 is 18.7 Å². The van der Waals surface area contributed by atoms with E-state index in [0.717, 1.165) is 18.8 Å². The second-order valence-electron chi connectivity index (χ2n) is 7.98. The fraction of sp³-hybridized carbons (Fsp3) is 1.00. The molecule has 4 heteroatoms. The molecule has 5 atom stereocenters. The molecule has 2 bridgehead atoms. The molecule has 19 heavy (non-hydrogen) atoms. The molecule has 0 amide bonds. The van der Waals surface area contributed by atoms with Gasteiger partial charge in [0.15, 0.2) is 0 Å². The van der Waals surface area contributed by atoms with Crippen LogP contribution in [-0.4, -0.2) is 24.1 Å². The molecule has 4 aliphatic rings. The molecule has 3 saturated carbocycles. The van der Waals surface area contributed by atoms with Crippen molar-refractivity contribution in [1.82, 2.24) is 0 Å². The third-order valence-electron chi connectivity index (χ3n) is 5.96. The summed E-state index contributed by atoms with van der Waals surface area (Å²) >= 11 is 6.49. The maximum Gasteiger partial charge on any atom is 0.476 e. The highest BCUT2D eigenvalue weighted by atomic mass is 35.5. The minimum atomic E-state index is -0.214. The highest BCUT2D eigenvalue weighted by Gasteiger charge is 2.68. The van der Waals surface area contributed by atoms with E-state index in [4.69, 9.17) is 20.9 Å². The lowest BCUT2D eigenvalue weighted by Crippen LogP contribution is -2.65. The van der Waals surface area contributed by atoms with Gasteiger partial charge in [0.05, 0.1) is 17.0 Å². The van der Waals surface area contributed by atoms with Gasteiger partial charge < -0.3 is 9.31 Å². The van der Waals surface area contributed by atoms with Gasteiger partial charge in [0.2, 0.25) is 0 Å². The molecule has 108 valence electrons. The maximum absolute atomic E-state index is 6.49. The van der Waals surface area contributed by atoms with E-state index in [0.29, 0.717) is 17.3 Å². The normalized spacial score (nSPS) is 45.0. The molecule has 2 nitrogen and oxygen atoms in total. The van der Waals surface area contributed by atoms with Crippen LogP contribution in [-0.2, 0) is 9.31 Å². The highest BCUT2D eigenvalue weighted by Crippen LogP contribution is 2.65. The van der Waals surface area contributed by atoms with Crippen molar-refractivity contribution < 1.29 is 9.31 Å². The van der Waals surface area contributed by atoms with Gasteiger partial charge in [-0.05, 0) is 49.4 Å². The minimum absolute atomic E-state index is 0.0252. The molecular weight excluding hydrogens is 258 g/mol. The SMILES string of the molecule is CC(C)C[C@H](Cl)B1O[C@H]2C[C@H]3C[C@H](C3(C)C)[C@@]2(C)O1. The third-order valence-corrected chi connectivity index (χ3v) is 6.34. The van der Waals surface area contributed by atoms with Gasteiger partial charge in [-0.2, -0.15) is 0 Å². The Morgan fingerprint density at radius 3 is 2.53 bits per heavy atom. The third kappa shape index (κ3) is 1.99. The Hall–Kier alpha value is 0.275. The Kier molecular flexibility index (Phi) is 3.28. The van der Waals surface area contributed by atoms with Crippen LogP contribution in [0, 0.1) is 23.2 Å². The minimum Gasteiger partial charge on any atom is -0.404 e. The van der Waals surface area contributed by atoms with Gasteiger partial charge in [0.25, 0.3) is 0 Å². The van der Waals surface area contributed by atoms with E-state index in [-0.39, 0.29) is 24.1 Å². The summed E-state index contributed by atoms with van der Waals surface area (Å²) in [6.45, 7) is 11.4.